The Bertz CT molecular complexity index is 1250. The highest BCUT2D eigenvalue weighted by molar-refractivity contribution is 9.10. The van der Waals surface area contributed by atoms with Gasteiger partial charge >= 0.3 is 0 Å². The summed E-state index contributed by atoms with van der Waals surface area (Å²) in [6, 6.07) is 16.4. The minimum atomic E-state index is -3.85. The molecule has 3 aromatic carbocycles. The van der Waals surface area contributed by atoms with Gasteiger partial charge in [0, 0.05) is 8.95 Å². The van der Waals surface area contributed by atoms with E-state index in [0.717, 1.165) is 8.95 Å². The molecule has 6 nitrogen and oxygen atoms in total. The van der Waals surface area contributed by atoms with Crippen LogP contribution in [-0.4, -0.2) is 16.8 Å². The van der Waals surface area contributed by atoms with Crippen LogP contribution in [0.25, 0.3) is 0 Å². The minimum Gasteiger partial charge on any atom is -0.280 e. The zero-order chi connectivity index (χ0) is 21.2. The number of halogens is 3. The molecule has 0 spiro atoms. The van der Waals surface area contributed by atoms with Gasteiger partial charge in [-0.05, 0) is 66.7 Å². The molecule has 152 valence electrons. The van der Waals surface area contributed by atoms with Gasteiger partial charge in [-0.25, -0.2) is 16.8 Å². The first-order chi connectivity index (χ1) is 13.6. The van der Waals surface area contributed by atoms with E-state index < -0.39 is 20.0 Å². The standard InChI is InChI=1S/C18H13Br2ClN2O4S2/c19-12-1-6-15(7-2-12)28(24,25)22-14-5-10-18(17(21)11-14)23-29(26,27)16-8-3-13(20)4-9-16/h1-11,22-23H. The molecule has 0 aromatic heterocycles. The molecular formula is C18H13Br2ClN2O4S2. The molecule has 0 aliphatic carbocycles. The summed E-state index contributed by atoms with van der Waals surface area (Å²) in [5.41, 5.74) is 0.325. The molecule has 0 unspecified atom stereocenters. The highest BCUT2D eigenvalue weighted by Gasteiger charge is 2.18. The Hall–Kier alpha value is -1.59. The van der Waals surface area contributed by atoms with E-state index in [9.17, 15) is 16.8 Å². The molecule has 0 radical (unpaired) electrons. The van der Waals surface area contributed by atoms with Crippen molar-refractivity contribution in [3.05, 3.63) is 80.7 Å². The van der Waals surface area contributed by atoms with Gasteiger partial charge in [0.15, 0.2) is 0 Å². The van der Waals surface area contributed by atoms with Gasteiger partial charge in [-0.3, -0.25) is 9.44 Å². The maximum absolute atomic E-state index is 12.5. The Labute approximate surface area is 190 Å². The van der Waals surface area contributed by atoms with E-state index in [-0.39, 0.29) is 26.2 Å². The van der Waals surface area contributed by atoms with Crippen LogP contribution in [0.2, 0.25) is 5.02 Å². The van der Waals surface area contributed by atoms with Crippen LogP contribution >= 0.6 is 43.5 Å². The maximum Gasteiger partial charge on any atom is 0.261 e. The summed E-state index contributed by atoms with van der Waals surface area (Å²) in [6.07, 6.45) is 0. The summed E-state index contributed by atoms with van der Waals surface area (Å²) in [6.45, 7) is 0. The molecule has 0 amide bonds. The molecule has 11 heteroatoms. The van der Waals surface area contributed by atoms with Crippen molar-refractivity contribution in [2.24, 2.45) is 0 Å². The number of benzene rings is 3. The Morgan fingerprint density at radius 1 is 0.655 bits per heavy atom. The molecule has 0 atom stereocenters. The Balaban J connectivity index is 1.81. The van der Waals surface area contributed by atoms with E-state index in [4.69, 9.17) is 11.6 Å². The van der Waals surface area contributed by atoms with E-state index in [0.29, 0.717) is 0 Å². The van der Waals surface area contributed by atoms with Gasteiger partial charge in [0.1, 0.15) is 0 Å². The van der Waals surface area contributed by atoms with Crippen molar-refractivity contribution in [2.45, 2.75) is 9.79 Å². The summed E-state index contributed by atoms with van der Waals surface area (Å²) in [5, 5.41) is 0.0432. The topological polar surface area (TPSA) is 92.3 Å². The maximum atomic E-state index is 12.5. The van der Waals surface area contributed by atoms with E-state index in [2.05, 4.69) is 41.3 Å². The Morgan fingerprint density at radius 2 is 1.10 bits per heavy atom. The molecule has 0 bridgehead atoms. The SMILES string of the molecule is O=S(=O)(Nc1ccc(NS(=O)(=O)c2ccc(Br)cc2)c(Cl)c1)c1ccc(Br)cc1. The monoisotopic (exact) mass is 578 g/mol. The van der Waals surface area contributed by atoms with E-state index in [1.165, 1.54) is 42.5 Å². The number of nitrogens with one attached hydrogen (secondary N) is 2. The molecule has 3 rings (SSSR count). The second-order valence-corrected chi connectivity index (χ2v) is 11.4. The molecule has 0 aliphatic rings. The molecule has 3 aromatic rings. The third kappa shape index (κ3) is 5.52. The fraction of sp³-hybridized carbons (Fsp3) is 0. The Morgan fingerprint density at radius 3 is 1.55 bits per heavy atom. The van der Waals surface area contributed by atoms with Crippen LogP contribution in [-0.2, 0) is 20.0 Å². The quantitative estimate of drug-likeness (QED) is 0.405. The predicted molar refractivity (Wildman–Crippen MR) is 121 cm³/mol. The van der Waals surface area contributed by atoms with Crippen molar-refractivity contribution in [3.8, 4) is 0 Å². The van der Waals surface area contributed by atoms with Crippen molar-refractivity contribution in [2.75, 3.05) is 9.44 Å². The third-order valence-corrected chi connectivity index (χ3v) is 7.86. The summed E-state index contributed by atoms with van der Waals surface area (Å²) in [5.74, 6) is 0. The molecule has 0 saturated heterocycles. The average Bonchev–Trinajstić information content (AvgIpc) is 2.64. The van der Waals surface area contributed by atoms with Gasteiger partial charge in [-0.2, -0.15) is 0 Å². The van der Waals surface area contributed by atoms with Crippen LogP contribution in [0.1, 0.15) is 0 Å². The van der Waals surface area contributed by atoms with Crippen molar-refractivity contribution >= 4 is 74.9 Å². The number of anilines is 2. The highest BCUT2D eigenvalue weighted by Crippen LogP contribution is 2.29. The molecule has 2 N–H and O–H groups in total. The van der Waals surface area contributed by atoms with Crippen molar-refractivity contribution in [1.29, 1.82) is 0 Å². The normalized spacial score (nSPS) is 11.8. The first-order valence-electron chi connectivity index (χ1n) is 7.93. The number of hydrogen-bond donors (Lipinski definition) is 2. The smallest absolute Gasteiger partial charge is 0.261 e. The summed E-state index contributed by atoms with van der Waals surface area (Å²) in [7, 11) is -7.66. The fourth-order valence-electron chi connectivity index (χ4n) is 2.31. The van der Waals surface area contributed by atoms with Gasteiger partial charge in [0.05, 0.1) is 26.2 Å². The van der Waals surface area contributed by atoms with Crippen molar-refractivity contribution in [3.63, 3.8) is 0 Å². The van der Waals surface area contributed by atoms with Crippen LogP contribution in [0, 0.1) is 0 Å². The van der Waals surface area contributed by atoms with E-state index in [1.54, 1.807) is 24.3 Å². The number of sulfonamides is 2. The van der Waals surface area contributed by atoms with E-state index in [1.807, 2.05) is 0 Å². The summed E-state index contributed by atoms with van der Waals surface area (Å²) < 4.78 is 56.2. The second kappa shape index (κ2) is 8.65. The lowest BCUT2D eigenvalue weighted by Crippen LogP contribution is -2.14. The molecule has 0 aliphatic heterocycles. The van der Waals surface area contributed by atoms with Gasteiger partial charge in [0.2, 0.25) is 0 Å². The first kappa shape index (κ1) is 22.1. The van der Waals surface area contributed by atoms with Gasteiger partial charge in [-0.15, -0.1) is 0 Å². The average molecular weight is 581 g/mol. The van der Waals surface area contributed by atoms with Crippen LogP contribution in [0.3, 0.4) is 0 Å². The zero-order valence-corrected chi connectivity index (χ0v) is 20.0. The highest BCUT2D eigenvalue weighted by atomic mass is 79.9. The van der Waals surface area contributed by atoms with Gasteiger partial charge < -0.3 is 0 Å². The van der Waals surface area contributed by atoms with Crippen LogP contribution in [0.4, 0.5) is 11.4 Å². The first-order valence-corrected chi connectivity index (χ1v) is 12.9. The van der Waals surface area contributed by atoms with Crippen molar-refractivity contribution < 1.29 is 16.8 Å². The second-order valence-electron chi connectivity index (χ2n) is 5.81. The molecule has 0 saturated carbocycles. The van der Waals surface area contributed by atoms with Crippen molar-refractivity contribution in [1.82, 2.24) is 0 Å². The summed E-state index contributed by atoms with van der Waals surface area (Å²) in [4.78, 5) is 0.147. The molecule has 29 heavy (non-hydrogen) atoms. The molecule has 0 heterocycles. The van der Waals surface area contributed by atoms with Crippen LogP contribution in [0.5, 0.6) is 0 Å². The molecular weight excluding hydrogens is 568 g/mol. The zero-order valence-electron chi connectivity index (χ0n) is 14.4. The van der Waals surface area contributed by atoms with E-state index >= 15 is 0 Å². The lowest BCUT2D eigenvalue weighted by molar-refractivity contribution is 0.599. The molecule has 0 fully saturated rings. The number of hydrogen-bond acceptors (Lipinski definition) is 4. The Kier molecular flexibility index (Phi) is 6.59. The lowest BCUT2D eigenvalue weighted by Gasteiger charge is -2.12. The van der Waals surface area contributed by atoms with Gasteiger partial charge in [-0.1, -0.05) is 43.5 Å². The third-order valence-electron chi connectivity index (χ3n) is 3.71. The fourth-order valence-corrected chi connectivity index (χ4v) is 5.25. The largest absolute Gasteiger partial charge is 0.280 e. The number of rotatable bonds is 6. The lowest BCUT2D eigenvalue weighted by atomic mass is 10.3. The predicted octanol–water partition coefficient (Wildman–Crippen LogP) is 5.47. The van der Waals surface area contributed by atoms with Gasteiger partial charge in [0.25, 0.3) is 20.0 Å². The summed E-state index contributed by atoms with van der Waals surface area (Å²) >= 11 is 12.7. The van der Waals surface area contributed by atoms with Crippen LogP contribution in [0.15, 0.2) is 85.5 Å². The van der Waals surface area contributed by atoms with Crippen LogP contribution < -0.4 is 9.44 Å². The minimum absolute atomic E-state index is 0.0432.